The molecule has 2 aliphatic carbocycles. The molecule has 1 fully saturated rings. The van der Waals surface area contributed by atoms with E-state index in [9.17, 15) is 5.11 Å². The Hall–Kier alpha value is -0.300. The molecule has 0 saturated heterocycles. The van der Waals surface area contributed by atoms with Gasteiger partial charge >= 0.3 is 0 Å². The lowest BCUT2D eigenvalue weighted by molar-refractivity contribution is 0.0261. The van der Waals surface area contributed by atoms with E-state index < -0.39 is 0 Å². The summed E-state index contributed by atoms with van der Waals surface area (Å²) in [6.45, 7) is 2.24. The Morgan fingerprint density at radius 2 is 2.33 bits per heavy atom. The van der Waals surface area contributed by atoms with Crippen molar-refractivity contribution in [3.63, 3.8) is 0 Å². The van der Waals surface area contributed by atoms with Gasteiger partial charge in [-0.05, 0) is 38.5 Å². The molecule has 2 aliphatic rings. The first-order chi connectivity index (χ1) is 5.73. The van der Waals surface area contributed by atoms with Crippen molar-refractivity contribution in [2.45, 2.75) is 51.6 Å². The summed E-state index contributed by atoms with van der Waals surface area (Å²) in [5, 5.41) is 9.92. The van der Waals surface area contributed by atoms with Gasteiger partial charge in [-0.15, -0.1) is 0 Å². The highest BCUT2D eigenvalue weighted by molar-refractivity contribution is 5.20. The maximum atomic E-state index is 9.92. The molecule has 0 spiro atoms. The van der Waals surface area contributed by atoms with E-state index in [-0.39, 0.29) is 11.5 Å². The summed E-state index contributed by atoms with van der Waals surface area (Å²) >= 11 is 0. The average molecular weight is 166 g/mol. The van der Waals surface area contributed by atoms with Gasteiger partial charge in [-0.25, -0.2) is 0 Å². The molecule has 1 nitrogen and oxygen atoms in total. The fourth-order valence-electron chi connectivity index (χ4n) is 2.71. The van der Waals surface area contributed by atoms with Crippen LogP contribution in [0.5, 0.6) is 0 Å². The molecular formula is C11H18O. The molecule has 0 bridgehead atoms. The third-order valence-corrected chi connectivity index (χ3v) is 3.68. The standard InChI is InChI=1S/C11H18O/c1-11-8-3-2-5-9(11)6-4-7-10(11)12/h5,10,12H,2-4,6-8H2,1H3/t10-,11+/m1/s1. The van der Waals surface area contributed by atoms with Crippen molar-refractivity contribution in [3.05, 3.63) is 11.6 Å². The average Bonchev–Trinajstić information content (AvgIpc) is 2.07. The Kier molecular flexibility index (Phi) is 1.99. The second kappa shape index (κ2) is 2.88. The second-order valence-corrected chi connectivity index (χ2v) is 4.45. The molecule has 0 aromatic carbocycles. The maximum absolute atomic E-state index is 9.92. The molecule has 2 rings (SSSR count). The second-order valence-electron chi connectivity index (χ2n) is 4.45. The molecule has 0 radical (unpaired) electrons. The summed E-state index contributed by atoms with van der Waals surface area (Å²) in [4.78, 5) is 0. The van der Waals surface area contributed by atoms with Crippen LogP contribution in [0.25, 0.3) is 0 Å². The Morgan fingerprint density at radius 1 is 1.50 bits per heavy atom. The molecule has 0 aromatic heterocycles. The molecule has 0 unspecified atom stereocenters. The summed E-state index contributed by atoms with van der Waals surface area (Å²) in [6.07, 6.45) is 9.41. The number of hydrogen-bond donors (Lipinski definition) is 1. The van der Waals surface area contributed by atoms with E-state index in [1.807, 2.05) is 0 Å². The summed E-state index contributed by atoms with van der Waals surface area (Å²) < 4.78 is 0. The van der Waals surface area contributed by atoms with Crippen LogP contribution in [0.1, 0.15) is 45.4 Å². The largest absolute Gasteiger partial charge is 0.392 e. The molecule has 0 heterocycles. The van der Waals surface area contributed by atoms with Gasteiger partial charge in [0, 0.05) is 5.41 Å². The third kappa shape index (κ3) is 1.11. The Labute approximate surface area is 74.5 Å². The molecule has 2 atom stereocenters. The minimum absolute atomic E-state index is 0.0715. The van der Waals surface area contributed by atoms with Crippen LogP contribution in [0.15, 0.2) is 11.6 Å². The van der Waals surface area contributed by atoms with Gasteiger partial charge in [0.2, 0.25) is 0 Å². The van der Waals surface area contributed by atoms with Crippen molar-refractivity contribution >= 4 is 0 Å². The lowest BCUT2D eigenvalue weighted by atomic mass is 9.64. The van der Waals surface area contributed by atoms with E-state index >= 15 is 0 Å². The number of aliphatic hydroxyl groups is 1. The normalized spacial score (nSPS) is 41.8. The highest BCUT2D eigenvalue weighted by atomic mass is 16.3. The first-order valence-corrected chi connectivity index (χ1v) is 5.11. The van der Waals surface area contributed by atoms with Crippen LogP contribution in [0, 0.1) is 5.41 Å². The zero-order chi connectivity index (χ0) is 8.60. The Balaban J connectivity index is 2.28. The molecule has 0 aromatic rings. The van der Waals surface area contributed by atoms with Crippen LogP contribution in [0.4, 0.5) is 0 Å². The SMILES string of the molecule is C[C@]12CCCC=C1CCC[C@H]2O. The van der Waals surface area contributed by atoms with Gasteiger partial charge < -0.3 is 5.11 Å². The summed E-state index contributed by atoms with van der Waals surface area (Å²) in [6, 6.07) is 0. The van der Waals surface area contributed by atoms with E-state index in [1.165, 1.54) is 37.7 Å². The van der Waals surface area contributed by atoms with E-state index in [2.05, 4.69) is 13.0 Å². The van der Waals surface area contributed by atoms with E-state index in [4.69, 9.17) is 0 Å². The third-order valence-electron chi connectivity index (χ3n) is 3.68. The fourth-order valence-corrected chi connectivity index (χ4v) is 2.71. The van der Waals surface area contributed by atoms with E-state index in [0.717, 1.165) is 6.42 Å². The van der Waals surface area contributed by atoms with E-state index in [0.29, 0.717) is 0 Å². The molecule has 12 heavy (non-hydrogen) atoms. The number of rotatable bonds is 0. The van der Waals surface area contributed by atoms with Gasteiger partial charge in [0.1, 0.15) is 0 Å². The number of hydrogen-bond acceptors (Lipinski definition) is 1. The van der Waals surface area contributed by atoms with Gasteiger partial charge in [0.15, 0.2) is 0 Å². The summed E-state index contributed by atoms with van der Waals surface area (Å²) in [5.41, 5.74) is 1.68. The quantitative estimate of drug-likeness (QED) is 0.548. The highest BCUT2D eigenvalue weighted by Gasteiger charge is 2.39. The first-order valence-electron chi connectivity index (χ1n) is 5.11. The van der Waals surface area contributed by atoms with Gasteiger partial charge in [0.25, 0.3) is 0 Å². The van der Waals surface area contributed by atoms with Crippen LogP contribution in [0.3, 0.4) is 0 Å². The Bertz CT molecular complexity index is 207. The zero-order valence-corrected chi connectivity index (χ0v) is 7.84. The predicted octanol–water partition coefficient (Wildman–Crippen LogP) is 2.65. The van der Waals surface area contributed by atoms with Crippen molar-refractivity contribution in [2.24, 2.45) is 5.41 Å². The lowest BCUT2D eigenvalue weighted by Gasteiger charge is -2.43. The molecule has 1 N–H and O–H groups in total. The number of fused-ring (bicyclic) bond motifs is 1. The smallest absolute Gasteiger partial charge is 0.0631 e. The number of allylic oxidation sites excluding steroid dienone is 1. The van der Waals surface area contributed by atoms with Crippen LogP contribution >= 0.6 is 0 Å². The molecule has 0 amide bonds. The topological polar surface area (TPSA) is 20.2 Å². The van der Waals surface area contributed by atoms with Crippen molar-refractivity contribution in [1.82, 2.24) is 0 Å². The van der Waals surface area contributed by atoms with Crippen LogP contribution in [-0.2, 0) is 0 Å². The van der Waals surface area contributed by atoms with E-state index in [1.54, 1.807) is 0 Å². The monoisotopic (exact) mass is 166 g/mol. The molecule has 1 heteroatoms. The maximum Gasteiger partial charge on any atom is 0.0631 e. The van der Waals surface area contributed by atoms with Gasteiger partial charge in [0.05, 0.1) is 6.10 Å². The Morgan fingerprint density at radius 3 is 3.08 bits per heavy atom. The predicted molar refractivity (Wildman–Crippen MR) is 49.9 cm³/mol. The minimum atomic E-state index is -0.0715. The number of aliphatic hydroxyl groups excluding tert-OH is 1. The first kappa shape index (κ1) is 8.31. The van der Waals surface area contributed by atoms with Gasteiger partial charge in [-0.3, -0.25) is 0 Å². The molecule has 0 aliphatic heterocycles. The van der Waals surface area contributed by atoms with Crippen LogP contribution < -0.4 is 0 Å². The van der Waals surface area contributed by atoms with Crippen molar-refractivity contribution in [2.75, 3.05) is 0 Å². The van der Waals surface area contributed by atoms with Crippen LogP contribution in [-0.4, -0.2) is 11.2 Å². The summed E-state index contributed by atoms with van der Waals surface area (Å²) in [5.74, 6) is 0. The van der Waals surface area contributed by atoms with Crippen molar-refractivity contribution in [3.8, 4) is 0 Å². The van der Waals surface area contributed by atoms with Crippen molar-refractivity contribution in [1.29, 1.82) is 0 Å². The molecule has 1 saturated carbocycles. The van der Waals surface area contributed by atoms with Crippen molar-refractivity contribution < 1.29 is 5.11 Å². The van der Waals surface area contributed by atoms with Crippen LogP contribution in [0.2, 0.25) is 0 Å². The molecule has 68 valence electrons. The lowest BCUT2D eigenvalue weighted by Crippen LogP contribution is -2.38. The van der Waals surface area contributed by atoms with Gasteiger partial charge in [-0.1, -0.05) is 18.6 Å². The summed E-state index contributed by atoms with van der Waals surface area (Å²) in [7, 11) is 0. The van der Waals surface area contributed by atoms with Gasteiger partial charge in [-0.2, -0.15) is 0 Å². The zero-order valence-electron chi connectivity index (χ0n) is 7.84. The fraction of sp³-hybridized carbons (Fsp3) is 0.818. The highest BCUT2D eigenvalue weighted by Crippen LogP contribution is 2.46. The molecular weight excluding hydrogens is 148 g/mol. The minimum Gasteiger partial charge on any atom is -0.392 e.